The Labute approximate surface area is 382 Å². The van der Waals surface area contributed by atoms with Gasteiger partial charge in [-0.05, 0) is 110 Å². The summed E-state index contributed by atoms with van der Waals surface area (Å²) in [5, 5.41) is 16.2. The molecule has 6 aromatic rings. The van der Waals surface area contributed by atoms with Crippen molar-refractivity contribution in [2.75, 3.05) is 43.1 Å². The Morgan fingerprint density at radius 3 is 1.95 bits per heavy atom. The Morgan fingerprint density at radius 2 is 1.39 bits per heavy atom. The van der Waals surface area contributed by atoms with Gasteiger partial charge < -0.3 is 23.4 Å². The number of hydrogen-bond acceptors (Lipinski definition) is 15. The number of methoxy groups -OCH3 is 1. The van der Waals surface area contributed by atoms with Crippen molar-refractivity contribution >= 4 is 77.2 Å². The van der Waals surface area contributed by atoms with Crippen LogP contribution in [-0.2, 0) is 55.0 Å². The molecule has 0 saturated heterocycles. The summed E-state index contributed by atoms with van der Waals surface area (Å²) in [6.45, 7) is 17.4. The van der Waals surface area contributed by atoms with Gasteiger partial charge in [0.05, 0.1) is 12.8 Å². The number of nitrogens with zero attached hydrogens (tertiary/aromatic N) is 8. The van der Waals surface area contributed by atoms with Crippen LogP contribution in [0.1, 0.15) is 89.5 Å². The predicted molar refractivity (Wildman–Crippen MR) is 241 cm³/mol. The smallest absolute Gasteiger partial charge is 0.341 e. The molecule has 20 heteroatoms. The summed E-state index contributed by atoms with van der Waals surface area (Å²) in [7, 11) is -7.57. The largest absolute Gasteiger partial charge is 0.495 e. The molecular weight excluding hydrogens is 907 g/mol. The van der Waals surface area contributed by atoms with E-state index >= 15 is 0 Å². The van der Waals surface area contributed by atoms with Crippen molar-refractivity contribution in [1.29, 1.82) is 0 Å². The van der Waals surface area contributed by atoms with Gasteiger partial charge in [0.1, 0.15) is 37.9 Å². The fourth-order valence-electron chi connectivity index (χ4n) is 7.92. The number of anilines is 2. The molecule has 0 fully saturated rings. The Bertz CT molecular complexity index is 2970. The van der Waals surface area contributed by atoms with Crippen molar-refractivity contribution in [3.63, 3.8) is 0 Å². The van der Waals surface area contributed by atoms with E-state index in [0.717, 1.165) is 54.7 Å². The molecule has 0 atom stereocenters. The van der Waals surface area contributed by atoms with E-state index in [1.807, 2.05) is 55.1 Å². The van der Waals surface area contributed by atoms with E-state index in [0.29, 0.717) is 64.6 Å². The van der Waals surface area contributed by atoms with Crippen molar-refractivity contribution in [3.05, 3.63) is 76.9 Å². The average molecular weight is 960 g/mol. The number of ether oxygens (including phenoxy) is 1. The maximum atomic E-state index is 12.3. The minimum atomic E-state index is -4.56. The van der Waals surface area contributed by atoms with Crippen molar-refractivity contribution < 1.29 is 56.0 Å². The van der Waals surface area contributed by atoms with Gasteiger partial charge in [0.15, 0.2) is 11.2 Å². The standard InChI is InChI=1S/C23H26N4O4S.C21H26N4O5S.Ni/c1-23(2,3)15-8-9-17-19(13-15)31-22(24-17)26-25-18-12-14-6-4-10-27-11-5-7-16(20(14)27)21(18)32(28,29)30;1-6-25(7-2)17-12-20(31(26,27)28)16(11-19(17)29-5)23-24-21-22-15-9-8-14(13(3)4)10-18(15)30-21;/h8-9,12-13H,4-7,10-11H2,1-3H3,(H,28,29,30);8-13H,6-7H2,1-5H3,(H,26,27,28);. The molecule has 0 aliphatic carbocycles. The zero-order chi connectivity index (χ0) is 45.4. The van der Waals surface area contributed by atoms with Gasteiger partial charge in [0.2, 0.25) is 0 Å². The molecule has 0 saturated carbocycles. The van der Waals surface area contributed by atoms with Crippen LogP contribution in [0.25, 0.3) is 22.2 Å². The van der Waals surface area contributed by atoms with Gasteiger partial charge in [-0.3, -0.25) is 9.11 Å². The Kier molecular flexibility index (Phi) is 14.4. The quantitative estimate of drug-likeness (QED) is 0.0701. The molecule has 2 N–H and O–H groups in total. The number of aryl methyl sites for hydroxylation is 1. The molecule has 344 valence electrons. The van der Waals surface area contributed by atoms with Crippen LogP contribution in [0.2, 0.25) is 0 Å². The third kappa shape index (κ3) is 10.3. The fourth-order valence-corrected chi connectivity index (χ4v) is 9.42. The zero-order valence-electron chi connectivity index (χ0n) is 36.9. The van der Waals surface area contributed by atoms with Gasteiger partial charge in [-0.1, -0.05) is 57.0 Å². The van der Waals surface area contributed by atoms with E-state index in [9.17, 15) is 25.9 Å². The molecule has 2 aromatic heterocycles. The normalized spacial score (nSPS) is 14.3. The molecule has 4 aromatic carbocycles. The Morgan fingerprint density at radius 1 is 0.797 bits per heavy atom. The van der Waals surface area contributed by atoms with E-state index in [1.54, 1.807) is 6.07 Å². The van der Waals surface area contributed by atoms with E-state index in [2.05, 4.69) is 69.9 Å². The second-order valence-electron chi connectivity index (χ2n) is 16.7. The van der Waals surface area contributed by atoms with E-state index in [1.165, 1.54) is 19.2 Å². The minimum absolute atomic E-state index is 0. The topological polar surface area (TPSA) is 226 Å². The van der Waals surface area contributed by atoms with Crippen LogP contribution < -0.4 is 14.5 Å². The van der Waals surface area contributed by atoms with Crippen molar-refractivity contribution in [2.24, 2.45) is 20.5 Å². The van der Waals surface area contributed by atoms with Gasteiger partial charge in [-0.2, -0.15) is 26.8 Å². The Balaban J connectivity index is 0.000000209. The van der Waals surface area contributed by atoms with E-state index in [4.69, 9.17) is 13.6 Å². The summed E-state index contributed by atoms with van der Waals surface area (Å²) < 4.78 is 85.3. The summed E-state index contributed by atoms with van der Waals surface area (Å²) >= 11 is 0. The molecular formula is C44H52N8NiO9S2. The van der Waals surface area contributed by atoms with E-state index < -0.39 is 20.2 Å². The van der Waals surface area contributed by atoms with E-state index in [-0.39, 0.29) is 55.1 Å². The second kappa shape index (κ2) is 19.1. The minimum Gasteiger partial charge on any atom is -0.495 e. The Hall–Kier alpha value is -5.27. The maximum Gasteiger partial charge on any atom is 0.341 e. The maximum absolute atomic E-state index is 12.3. The molecule has 0 unspecified atom stereocenters. The number of oxazole rings is 2. The van der Waals surface area contributed by atoms with Crippen LogP contribution >= 0.6 is 0 Å². The van der Waals surface area contributed by atoms with Gasteiger partial charge in [-0.25, -0.2) is 0 Å². The second-order valence-corrected chi connectivity index (χ2v) is 19.5. The third-order valence-corrected chi connectivity index (χ3v) is 13.0. The summed E-state index contributed by atoms with van der Waals surface area (Å²) in [5.41, 5.74) is 7.77. The molecule has 0 bridgehead atoms. The molecule has 17 nitrogen and oxygen atoms in total. The van der Waals surface area contributed by atoms with Crippen molar-refractivity contribution in [2.45, 2.75) is 95.3 Å². The molecule has 2 aliphatic heterocycles. The van der Waals surface area contributed by atoms with Crippen molar-refractivity contribution in [3.8, 4) is 5.75 Å². The molecule has 2 aliphatic rings. The van der Waals surface area contributed by atoms with Gasteiger partial charge in [0, 0.05) is 54.4 Å². The fraction of sp³-hybridized carbons (Fsp3) is 0.409. The SMILES string of the molecule is CC(C)(C)c1ccc2nc(N=Nc3cc4c5c(c3S(=O)(=O)O)CCCN5CCC4)oc2c1.CCN(CC)c1cc(S(=O)(=O)O)c(N=Nc2nc3ccc(C(C)C)cc3o2)cc1OC.[Ni]. The number of benzene rings is 4. The first-order valence-electron chi connectivity index (χ1n) is 20.8. The number of aromatic nitrogens is 2. The molecule has 4 heterocycles. The van der Waals surface area contributed by atoms with Crippen LogP contribution in [-0.4, -0.2) is 69.2 Å². The van der Waals surface area contributed by atoms with Gasteiger partial charge in [-0.15, -0.1) is 10.2 Å². The summed E-state index contributed by atoms with van der Waals surface area (Å²) in [5.74, 6) is 0.734. The van der Waals surface area contributed by atoms with Crippen LogP contribution in [0.15, 0.2) is 93.7 Å². The third-order valence-electron chi connectivity index (χ3n) is 11.2. The first-order valence-corrected chi connectivity index (χ1v) is 23.7. The molecule has 0 spiro atoms. The first-order chi connectivity index (χ1) is 29.8. The molecule has 64 heavy (non-hydrogen) atoms. The average Bonchev–Trinajstić information content (AvgIpc) is 3.85. The van der Waals surface area contributed by atoms with Crippen LogP contribution in [0.5, 0.6) is 5.75 Å². The molecule has 8 rings (SSSR count). The monoisotopic (exact) mass is 958 g/mol. The van der Waals surface area contributed by atoms with Crippen LogP contribution in [0, 0.1) is 0 Å². The molecule has 0 radical (unpaired) electrons. The summed E-state index contributed by atoms with van der Waals surface area (Å²) in [6, 6.07) is 16.0. The van der Waals surface area contributed by atoms with Crippen LogP contribution in [0.3, 0.4) is 0 Å². The predicted octanol–water partition coefficient (Wildman–Crippen LogP) is 11.0. The van der Waals surface area contributed by atoms with Gasteiger partial charge in [0.25, 0.3) is 20.2 Å². The number of azo groups is 2. The first kappa shape index (κ1) is 48.2. The summed E-state index contributed by atoms with van der Waals surface area (Å²) in [6.07, 6.45) is 3.24. The van der Waals surface area contributed by atoms with Gasteiger partial charge >= 0.3 is 12.0 Å². The number of rotatable bonds is 11. The number of fused-ring (bicyclic) bond motifs is 2. The van der Waals surface area contributed by atoms with Crippen molar-refractivity contribution in [1.82, 2.24) is 9.97 Å². The zero-order valence-corrected chi connectivity index (χ0v) is 39.5. The molecule has 0 amide bonds. The summed E-state index contributed by atoms with van der Waals surface area (Å²) in [4.78, 5) is 12.2. The van der Waals surface area contributed by atoms with Crippen LogP contribution in [0.4, 0.5) is 34.8 Å². The number of hydrogen-bond donors (Lipinski definition) is 2.